The van der Waals surface area contributed by atoms with Crippen molar-refractivity contribution >= 4 is 33.2 Å². The summed E-state index contributed by atoms with van der Waals surface area (Å²) < 4.78 is 6.86. The van der Waals surface area contributed by atoms with E-state index in [4.69, 9.17) is 4.42 Å². The molecule has 9 aromatic rings. The Balaban J connectivity index is 1.04. The monoisotopic (exact) mass is 727 g/mol. The zero-order valence-corrected chi connectivity index (χ0v) is 31.5. The fourth-order valence-electron chi connectivity index (χ4n) is 10.3. The van der Waals surface area contributed by atoms with E-state index in [0.29, 0.717) is 0 Å². The predicted octanol–water partition coefficient (Wildman–Crippen LogP) is 13.7. The Morgan fingerprint density at radius 2 is 1.05 bits per heavy atom. The van der Waals surface area contributed by atoms with Crippen LogP contribution >= 0.6 is 0 Å². The van der Waals surface area contributed by atoms with Gasteiger partial charge in [-0.15, -0.1) is 0 Å². The molecule has 57 heavy (non-hydrogen) atoms. The van der Waals surface area contributed by atoms with Gasteiger partial charge in [-0.1, -0.05) is 176 Å². The van der Waals surface area contributed by atoms with Crippen LogP contribution in [-0.2, 0) is 5.41 Å². The van der Waals surface area contributed by atoms with Crippen molar-refractivity contribution in [1.29, 1.82) is 0 Å². The number of fused-ring (bicyclic) bond motifs is 13. The summed E-state index contributed by atoms with van der Waals surface area (Å²) in [6, 6.07) is 68.9. The third-order valence-corrected chi connectivity index (χ3v) is 12.8. The van der Waals surface area contributed by atoms with E-state index in [1.807, 2.05) is 0 Å². The second-order valence-corrected chi connectivity index (χ2v) is 15.6. The minimum Gasteiger partial charge on any atom is -0.455 e. The third-order valence-electron chi connectivity index (χ3n) is 12.8. The fourth-order valence-corrected chi connectivity index (χ4v) is 10.3. The highest BCUT2D eigenvalue weighted by Gasteiger charge is 2.52. The van der Waals surface area contributed by atoms with Gasteiger partial charge >= 0.3 is 0 Å². The van der Waals surface area contributed by atoms with Crippen LogP contribution in [0, 0.1) is 0 Å². The van der Waals surface area contributed by atoms with Crippen LogP contribution in [0.2, 0.25) is 0 Å². The van der Waals surface area contributed by atoms with Gasteiger partial charge in [0, 0.05) is 29.1 Å². The number of hydrogen-bond acceptors (Lipinski definition) is 2. The number of rotatable bonds is 4. The van der Waals surface area contributed by atoms with Crippen molar-refractivity contribution in [3.63, 3.8) is 0 Å². The smallest absolute Gasteiger partial charge is 0.143 e. The summed E-state index contributed by atoms with van der Waals surface area (Å²) in [6.45, 7) is 0. The van der Waals surface area contributed by atoms with Crippen LogP contribution in [0.4, 0.5) is 0 Å². The van der Waals surface area contributed by atoms with Gasteiger partial charge in [0.1, 0.15) is 11.2 Å². The molecule has 0 saturated carbocycles. The number of allylic oxidation sites excluding steroid dienone is 2. The van der Waals surface area contributed by atoms with Crippen molar-refractivity contribution in [2.75, 3.05) is 7.05 Å². The van der Waals surface area contributed by atoms with Gasteiger partial charge < -0.3 is 9.32 Å². The van der Waals surface area contributed by atoms with E-state index >= 15 is 0 Å². The predicted molar refractivity (Wildman–Crippen MR) is 235 cm³/mol. The largest absolute Gasteiger partial charge is 0.455 e. The molecular formula is C55H37NO. The second-order valence-electron chi connectivity index (χ2n) is 15.6. The lowest BCUT2D eigenvalue weighted by atomic mass is 9.70. The minimum absolute atomic E-state index is 0.0674. The van der Waals surface area contributed by atoms with Crippen molar-refractivity contribution in [3.05, 3.63) is 239 Å². The molecule has 1 aromatic heterocycles. The molecule has 0 N–H and O–H groups in total. The molecule has 0 saturated heterocycles. The number of nitrogens with zero attached hydrogens (tertiary/aromatic N) is 1. The highest BCUT2D eigenvalue weighted by atomic mass is 16.3. The molecule has 0 fully saturated rings. The zero-order chi connectivity index (χ0) is 37.7. The first-order valence-electron chi connectivity index (χ1n) is 19.9. The molecule has 2 heterocycles. The molecule has 268 valence electrons. The molecule has 1 spiro atoms. The van der Waals surface area contributed by atoms with E-state index in [1.165, 1.54) is 72.5 Å². The zero-order valence-electron chi connectivity index (χ0n) is 31.5. The summed E-state index contributed by atoms with van der Waals surface area (Å²) in [5.41, 5.74) is 20.4. The molecule has 1 aliphatic heterocycles. The molecular weight excluding hydrogens is 691 g/mol. The maximum absolute atomic E-state index is 6.86. The van der Waals surface area contributed by atoms with Crippen molar-refractivity contribution < 1.29 is 4.42 Å². The Morgan fingerprint density at radius 3 is 1.79 bits per heavy atom. The van der Waals surface area contributed by atoms with Crippen LogP contribution in [0.15, 0.2) is 205 Å². The number of benzene rings is 8. The summed E-state index contributed by atoms with van der Waals surface area (Å²) in [7, 11) is 2.19. The molecule has 0 radical (unpaired) electrons. The lowest BCUT2D eigenvalue weighted by Gasteiger charge is -2.34. The van der Waals surface area contributed by atoms with Gasteiger partial charge in [0.25, 0.3) is 0 Å². The maximum Gasteiger partial charge on any atom is 0.143 e. The number of hydrogen-bond donors (Lipinski definition) is 0. The molecule has 8 aromatic carbocycles. The van der Waals surface area contributed by atoms with Gasteiger partial charge in [-0.25, -0.2) is 0 Å². The van der Waals surface area contributed by atoms with E-state index in [1.54, 1.807) is 0 Å². The van der Waals surface area contributed by atoms with Gasteiger partial charge in [0.15, 0.2) is 0 Å². The molecule has 0 amide bonds. The van der Waals surface area contributed by atoms with Gasteiger partial charge in [-0.3, -0.25) is 0 Å². The van der Waals surface area contributed by atoms with Gasteiger partial charge in [-0.05, 0) is 96.6 Å². The topological polar surface area (TPSA) is 16.4 Å². The number of para-hydroxylation sites is 1. The van der Waals surface area contributed by atoms with Gasteiger partial charge in [-0.2, -0.15) is 0 Å². The summed E-state index contributed by atoms with van der Waals surface area (Å²) in [5, 5.41) is 2.25. The lowest BCUT2D eigenvalue weighted by Crippen LogP contribution is -2.25. The quantitative estimate of drug-likeness (QED) is 0.179. The Kier molecular flexibility index (Phi) is 6.86. The SMILES string of the molecule is CN1C(c2ccccc2)=CC(c2cccc3c2oc2ccc(-c4cccc5c4-c4ccccc4C54c5ccccc5-c5ccccc54)cc23)=CC1c1ccccc1. The standard InChI is InChI=1S/C55H37NO/c1-56-50(35-16-4-2-5-17-35)33-38(34-51(56)36-18-6-3-7-19-36)40-24-14-25-43-45-32-37(30-31-52(45)57-54(40)43)39-23-15-29-49-53(39)44-22-10-13-28-48(44)55(49)46-26-11-8-20-41(46)42-21-9-12-27-47(42)55/h2-34,50H,1H3. The highest BCUT2D eigenvalue weighted by molar-refractivity contribution is 6.11. The first kappa shape index (κ1) is 32.1. The summed E-state index contributed by atoms with van der Waals surface area (Å²) in [5.74, 6) is 0. The van der Waals surface area contributed by atoms with Crippen LogP contribution in [0.5, 0.6) is 0 Å². The fraction of sp³-hybridized carbons (Fsp3) is 0.0545. The molecule has 0 bridgehead atoms. The summed E-state index contributed by atoms with van der Waals surface area (Å²) in [6.07, 6.45) is 4.71. The van der Waals surface area contributed by atoms with Crippen molar-refractivity contribution in [2.45, 2.75) is 11.5 Å². The first-order valence-corrected chi connectivity index (χ1v) is 19.9. The Hall–Kier alpha value is -7.16. The Bertz CT molecular complexity index is 3100. The first-order chi connectivity index (χ1) is 28.2. The molecule has 2 heteroatoms. The van der Waals surface area contributed by atoms with Crippen LogP contribution < -0.4 is 0 Å². The average molecular weight is 728 g/mol. The third kappa shape index (κ3) is 4.47. The van der Waals surface area contributed by atoms with Crippen molar-refractivity contribution in [1.82, 2.24) is 4.90 Å². The number of furan rings is 1. The highest BCUT2D eigenvalue weighted by Crippen LogP contribution is 2.64. The van der Waals surface area contributed by atoms with Crippen LogP contribution in [0.3, 0.4) is 0 Å². The van der Waals surface area contributed by atoms with Crippen molar-refractivity contribution in [2.24, 2.45) is 0 Å². The van der Waals surface area contributed by atoms with Crippen LogP contribution in [-0.4, -0.2) is 11.9 Å². The lowest BCUT2D eigenvalue weighted by molar-refractivity contribution is 0.413. The van der Waals surface area contributed by atoms with Crippen LogP contribution in [0.25, 0.3) is 66.6 Å². The molecule has 1 atom stereocenters. The molecule has 1 unspecified atom stereocenters. The minimum atomic E-state index is -0.373. The van der Waals surface area contributed by atoms with Gasteiger partial charge in [0.2, 0.25) is 0 Å². The van der Waals surface area contributed by atoms with E-state index in [-0.39, 0.29) is 11.5 Å². The van der Waals surface area contributed by atoms with Crippen LogP contribution in [0.1, 0.15) is 45.0 Å². The average Bonchev–Trinajstić information content (AvgIpc) is 3.91. The molecule has 3 aliphatic rings. The van der Waals surface area contributed by atoms with E-state index in [0.717, 1.165) is 33.1 Å². The summed E-state index contributed by atoms with van der Waals surface area (Å²) >= 11 is 0. The number of likely N-dealkylation sites (N-methyl/N-ethyl adjacent to an activating group) is 1. The Morgan fingerprint density at radius 1 is 0.474 bits per heavy atom. The second kappa shape index (κ2) is 12.2. The molecule has 2 nitrogen and oxygen atoms in total. The van der Waals surface area contributed by atoms with E-state index < -0.39 is 0 Å². The van der Waals surface area contributed by atoms with E-state index in [9.17, 15) is 0 Å². The maximum atomic E-state index is 6.86. The summed E-state index contributed by atoms with van der Waals surface area (Å²) in [4.78, 5) is 2.38. The molecule has 2 aliphatic carbocycles. The molecule has 12 rings (SSSR count). The van der Waals surface area contributed by atoms with E-state index in [2.05, 4.69) is 212 Å². The Labute approximate surface area is 332 Å². The van der Waals surface area contributed by atoms with Gasteiger partial charge in [0.05, 0.1) is 11.5 Å². The van der Waals surface area contributed by atoms with Crippen molar-refractivity contribution in [3.8, 4) is 33.4 Å². The normalized spacial score (nSPS) is 15.9.